The minimum absolute atomic E-state index is 0.0440. The third kappa shape index (κ3) is 4.81. The predicted molar refractivity (Wildman–Crippen MR) is 148 cm³/mol. The number of aliphatic hydroxyl groups is 1. The number of carbonyl (C=O) groups is 1. The smallest absolute Gasteiger partial charge is 0.274 e. The second-order valence-corrected chi connectivity index (χ2v) is 12.0. The van der Waals surface area contributed by atoms with Crippen LogP contribution in [0.3, 0.4) is 0 Å². The topological polar surface area (TPSA) is 88.2 Å². The highest BCUT2D eigenvalue weighted by atomic mass is 35.5. The summed E-state index contributed by atoms with van der Waals surface area (Å²) in [5.41, 5.74) is 3.85. The number of rotatable bonds is 5. The van der Waals surface area contributed by atoms with Gasteiger partial charge in [0.25, 0.3) is 5.91 Å². The molecular formula is C29H34ClFN6O2. The summed E-state index contributed by atoms with van der Waals surface area (Å²) in [5, 5.41) is 19.4. The summed E-state index contributed by atoms with van der Waals surface area (Å²) in [7, 11) is 5.85. The summed E-state index contributed by atoms with van der Waals surface area (Å²) in [4.78, 5) is 20.1. The molecule has 2 unspecified atom stereocenters. The fourth-order valence-corrected chi connectivity index (χ4v) is 7.20. The number of likely N-dealkylation sites (N-methyl/N-ethyl adjacent to an activating group) is 1. The summed E-state index contributed by atoms with van der Waals surface area (Å²) >= 11 is 5.89. The maximum absolute atomic E-state index is 13.6. The first-order chi connectivity index (χ1) is 18.6. The number of imidazole rings is 1. The van der Waals surface area contributed by atoms with E-state index in [0.29, 0.717) is 36.1 Å². The van der Waals surface area contributed by atoms with Crippen molar-refractivity contribution >= 4 is 28.8 Å². The normalized spacial score (nSPS) is 27.0. The number of hydrogen-bond donors (Lipinski definition) is 2. The number of fused-ring (bicyclic) bond motifs is 1. The van der Waals surface area contributed by atoms with E-state index in [0.717, 1.165) is 49.4 Å². The van der Waals surface area contributed by atoms with Crippen LogP contribution in [0.5, 0.6) is 0 Å². The Morgan fingerprint density at radius 1 is 1.18 bits per heavy atom. The lowest BCUT2D eigenvalue weighted by Crippen LogP contribution is -2.26. The van der Waals surface area contributed by atoms with Crippen molar-refractivity contribution in [2.45, 2.75) is 43.6 Å². The lowest BCUT2D eigenvalue weighted by molar-refractivity contribution is 0.0263. The molecule has 206 valence electrons. The number of halogens is 2. The molecule has 3 heterocycles. The summed E-state index contributed by atoms with van der Waals surface area (Å²) in [6, 6.07) is 6.20. The number of nitrogens with zero attached hydrogens (tertiary/aromatic N) is 5. The van der Waals surface area contributed by atoms with Crippen molar-refractivity contribution in [2.75, 3.05) is 25.5 Å². The SMILES string of the molecule is CN1CCC=C(c2cc(C3(O)CC4CC(c5ncn(C)c5C(=O)Nc5ccc(F)c(Cl)c5)CC4C3)n(C)n2)C1. The van der Waals surface area contributed by atoms with Crippen LogP contribution in [0.25, 0.3) is 5.57 Å². The van der Waals surface area contributed by atoms with Crippen LogP contribution < -0.4 is 5.32 Å². The molecule has 2 N–H and O–H groups in total. The van der Waals surface area contributed by atoms with Gasteiger partial charge in [0.15, 0.2) is 0 Å². The third-order valence-corrected chi connectivity index (χ3v) is 9.10. The second kappa shape index (κ2) is 9.87. The van der Waals surface area contributed by atoms with Gasteiger partial charge in [0.1, 0.15) is 17.1 Å². The minimum atomic E-state index is -0.909. The zero-order valence-corrected chi connectivity index (χ0v) is 23.2. The highest BCUT2D eigenvalue weighted by Crippen LogP contribution is 2.57. The van der Waals surface area contributed by atoms with E-state index in [4.69, 9.17) is 16.7 Å². The summed E-state index contributed by atoms with van der Waals surface area (Å²) in [5.74, 6) is -0.0200. The van der Waals surface area contributed by atoms with Crippen molar-refractivity contribution in [2.24, 2.45) is 25.9 Å². The third-order valence-electron chi connectivity index (χ3n) is 8.81. The molecule has 1 aliphatic heterocycles. The van der Waals surface area contributed by atoms with Gasteiger partial charge in [-0.25, -0.2) is 9.37 Å². The van der Waals surface area contributed by atoms with Crippen LogP contribution >= 0.6 is 11.6 Å². The molecule has 2 aromatic heterocycles. The van der Waals surface area contributed by atoms with Gasteiger partial charge in [-0.15, -0.1) is 0 Å². The fourth-order valence-electron chi connectivity index (χ4n) is 7.02. The summed E-state index contributed by atoms with van der Waals surface area (Å²) in [6.45, 7) is 1.92. The summed E-state index contributed by atoms with van der Waals surface area (Å²) < 4.78 is 17.1. The van der Waals surface area contributed by atoms with Gasteiger partial charge in [-0.2, -0.15) is 5.10 Å². The predicted octanol–water partition coefficient (Wildman–Crippen LogP) is 4.71. The van der Waals surface area contributed by atoms with Crippen molar-refractivity contribution < 1.29 is 14.3 Å². The van der Waals surface area contributed by atoms with E-state index >= 15 is 0 Å². The Hall–Kier alpha value is -3.01. The van der Waals surface area contributed by atoms with Crippen molar-refractivity contribution in [3.05, 3.63) is 70.3 Å². The highest BCUT2D eigenvalue weighted by molar-refractivity contribution is 6.31. The Bertz CT molecular complexity index is 1450. The van der Waals surface area contributed by atoms with E-state index in [-0.39, 0.29) is 16.8 Å². The standard InChI is InChI=1S/C29H34ClFN6O2/c1-35-8-4-5-17(15-35)24-12-25(37(3)34-24)29(39)13-19-9-18(10-20(19)14-29)26-27(36(2)16-32-26)28(38)33-21-6-7-23(31)22(30)11-21/h5-7,11-12,16,18-20,39H,4,8-10,13-15H2,1-3H3,(H,33,38). The van der Waals surface area contributed by atoms with Crippen LogP contribution in [0.4, 0.5) is 10.1 Å². The van der Waals surface area contributed by atoms with Gasteiger partial charge >= 0.3 is 0 Å². The lowest BCUT2D eigenvalue weighted by atomic mass is 9.89. The molecule has 39 heavy (non-hydrogen) atoms. The first-order valence-corrected chi connectivity index (χ1v) is 13.9. The number of benzene rings is 1. The van der Waals surface area contributed by atoms with Gasteiger partial charge in [-0.05, 0) is 80.8 Å². The van der Waals surface area contributed by atoms with E-state index in [1.807, 2.05) is 11.7 Å². The van der Waals surface area contributed by atoms with Crippen LogP contribution in [0.1, 0.15) is 65.6 Å². The molecule has 3 aliphatic rings. The molecule has 0 radical (unpaired) electrons. The van der Waals surface area contributed by atoms with Crippen molar-refractivity contribution in [1.29, 1.82) is 0 Å². The first kappa shape index (κ1) is 26.2. The van der Waals surface area contributed by atoms with Crippen LogP contribution in [0, 0.1) is 17.7 Å². The van der Waals surface area contributed by atoms with E-state index in [2.05, 4.69) is 34.4 Å². The van der Waals surface area contributed by atoms with Crippen LogP contribution in [-0.4, -0.2) is 55.4 Å². The highest BCUT2D eigenvalue weighted by Gasteiger charge is 2.51. The largest absolute Gasteiger partial charge is 0.384 e. The minimum Gasteiger partial charge on any atom is -0.384 e. The van der Waals surface area contributed by atoms with E-state index < -0.39 is 11.4 Å². The molecule has 0 spiro atoms. The number of hydrogen-bond acceptors (Lipinski definition) is 5. The lowest BCUT2D eigenvalue weighted by Gasteiger charge is -2.25. The Labute approximate surface area is 232 Å². The molecule has 1 amide bonds. The Kier molecular flexibility index (Phi) is 6.64. The number of aromatic nitrogens is 4. The zero-order chi connectivity index (χ0) is 27.5. The number of carbonyl (C=O) groups excluding carboxylic acids is 1. The number of amides is 1. The van der Waals surface area contributed by atoms with E-state index in [9.17, 15) is 14.3 Å². The molecule has 10 heteroatoms. The van der Waals surface area contributed by atoms with Crippen LogP contribution in [0.2, 0.25) is 5.02 Å². The van der Waals surface area contributed by atoms with Gasteiger partial charge in [-0.3, -0.25) is 9.48 Å². The number of aryl methyl sites for hydroxylation is 2. The average molecular weight is 553 g/mol. The number of anilines is 1. The maximum Gasteiger partial charge on any atom is 0.274 e. The zero-order valence-electron chi connectivity index (χ0n) is 22.5. The molecule has 2 atom stereocenters. The first-order valence-electron chi connectivity index (χ1n) is 13.5. The molecule has 2 saturated carbocycles. The number of nitrogens with one attached hydrogen (secondary N) is 1. The van der Waals surface area contributed by atoms with Crippen molar-refractivity contribution in [3.8, 4) is 0 Å². The quantitative estimate of drug-likeness (QED) is 0.479. The van der Waals surface area contributed by atoms with E-state index in [1.54, 1.807) is 17.9 Å². The van der Waals surface area contributed by atoms with Gasteiger partial charge in [0, 0.05) is 38.8 Å². The summed E-state index contributed by atoms with van der Waals surface area (Å²) in [6.07, 6.45) is 8.03. The van der Waals surface area contributed by atoms with Crippen molar-refractivity contribution in [1.82, 2.24) is 24.2 Å². The Morgan fingerprint density at radius 3 is 2.62 bits per heavy atom. The van der Waals surface area contributed by atoms with Gasteiger partial charge in [0.2, 0.25) is 0 Å². The van der Waals surface area contributed by atoms with Gasteiger partial charge in [0.05, 0.1) is 28.4 Å². The molecule has 1 aromatic carbocycles. The van der Waals surface area contributed by atoms with Crippen molar-refractivity contribution in [3.63, 3.8) is 0 Å². The van der Waals surface area contributed by atoms with Crippen LogP contribution in [-0.2, 0) is 19.7 Å². The molecule has 3 aromatic rings. The average Bonchev–Trinajstić information content (AvgIpc) is 3.63. The van der Waals surface area contributed by atoms with Gasteiger partial charge in [-0.1, -0.05) is 17.7 Å². The van der Waals surface area contributed by atoms with E-state index in [1.165, 1.54) is 23.8 Å². The Balaban J connectivity index is 1.17. The molecule has 0 saturated heterocycles. The molecular weight excluding hydrogens is 519 g/mol. The monoisotopic (exact) mass is 552 g/mol. The molecule has 2 aliphatic carbocycles. The second-order valence-electron chi connectivity index (χ2n) is 11.6. The molecule has 0 bridgehead atoms. The fraction of sp³-hybridized carbons (Fsp3) is 0.483. The molecule has 2 fully saturated rings. The Morgan fingerprint density at radius 2 is 1.92 bits per heavy atom. The van der Waals surface area contributed by atoms with Crippen LogP contribution in [0.15, 0.2) is 36.7 Å². The maximum atomic E-state index is 13.6. The molecule has 6 rings (SSSR count). The molecule has 8 nitrogen and oxygen atoms in total. The van der Waals surface area contributed by atoms with Gasteiger partial charge < -0.3 is 19.9 Å².